The number of fused-ring (bicyclic) bond motifs is 2. The molecule has 0 aromatic rings. The van der Waals surface area contributed by atoms with Crippen LogP contribution in [0.5, 0.6) is 0 Å². The smallest absolute Gasteiger partial charge is 0.0816 e. The lowest BCUT2D eigenvalue weighted by Gasteiger charge is -2.27. The molecule has 3 aliphatic rings. The first kappa shape index (κ1) is 10.8. The molecule has 2 heterocycles. The molecule has 2 aliphatic heterocycles. The molecule has 3 atom stereocenters. The third kappa shape index (κ3) is 2.17. The van der Waals surface area contributed by atoms with Crippen LogP contribution in [-0.2, 0) is 9.47 Å². The van der Waals surface area contributed by atoms with Crippen molar-refractivity contribution < 1.29 is 9.47 Å². The average Bonchev–Trinajstić information content (AvgIpc) is 2.90. The van der Waals surface area contributed by atoms with E-state index in [9.17, 15) is 0 Å². The van der Waals surface area contributed by atoms with Crippen LogP contribution in [0.2, 0.25) is 0 Å². The lowest BCUT2D eigenvalue weighted by Crippen LogP contribution is -2.32. The highest BCUT2D eigenvalue weighted by Crippen LogP contribution is 2.34. The van der Waals surface area contributed by atoms with Crippen LogP contribution < -0.4 is 5.73 Å². The monoisotopic (exact) mass is 223 g/mol. The molecule has 90 valence electrons. The maximum atomic E-state index is 6.00. The van der Waals surface area contributed by atoms with E-state index in [4.69, 9.17) is 15.2 Å². The van der Waals surface area contributed by atoms with Gasteiger partial charge in [0, 0.05) is 12.0 Å². The van der Waals surface area contributed by atoms with E-state index in [2.05, 4.69) is 12.2 Å². The molecule has 2 bridgehead atoms. The quantitative estimate of drug-likeness (QED) is 0.739. The number of ether oxygens (including phenoxy) is 2. The third-order valence-corrected chi connectivity index (χ3v) is 4.11. The molecule has 1 aliphatic carbocycles. The third-order valence-electron chi connectivity index (χ3n) is 4.11. The van der Waals surface area contributed by atoms with Crippen molar-refractivity contribution in [3.8, 4) is 0 Å². The van der Waals surface area contributed by atoms with Gasteiger partial charge in [0.1, 0.15) is 0 Å². The van der Waals surface area contributed by atoms with Gasteiger partial charge in [-0.25, -0.2) is 0 Å². The molecular formula is C13H21NO2. The van der Waals surface area contributed by atoms with Gasteiger partial charge in [-0.2, -0.15) is 0 Å². The zero-order chi connectivity index (χ0) is 11.0. The van der Waals surface area contributed by atoms with Crippen molar-refractivity contribution in [1.29, 1.82) is 0 Å². The maximum absolute atomic E-state index is 6.00. The van der Waals surface area contributed by atoms with E-state index in [1.54, 1.807) is 0 Å². The largest absolute Gasteiger partial charge is 0.378 e. The fourth-order valence-electron chi connectivity index (χ4n) is 3.04. The van der Waals surface area contributed by atoms with E-state index in [1.165, 1.54) is 0 Å². The highest BCUT2D eigenvalue weighted by molar-refractivity contribution is 5.10. The Hall–Kier alpha value is -0.380. The molecule has 0 aromatic heterocycles. The van der Waals surface area contributed by atoms with Crippen molar-refractivity contribution in [1.82, 2.24) is 0 Å². The second kappa shape index (κ2) is 4.47. The van der Waals surface area contributed by atoms with E-state index >= 15 is 0 Å². The van der Waals surface area contributed by atoms with Gasteiger partial charge in [-0.05, 0) is 32.1 Å². The van der Waals surface area contributed by atoms with Crippen LogP contribution in [0.25, 0.3) is 0 Å². The standard InChI is InChI=1S/C13H21NO2/c14-10-1-3-11(4-2-10)15-8-9-7-12-5-6-13(9)16-12/h5-6,9-13H,1-4,7-8,14H2. The number of hydrogen-bond donors (Lipinski definition) is 1. The Bertz CT molecular complexity index is 271. The number of hydrogen-bond acceptors (Lipinski definition) is 3. The molecule has 3 heteroatoms. The van der Waals surface area contributed by atoms with E-state index in [1.807, 2.05) is 0 Å². The summed E-state index contributed by atoms with van der Waals surface area (Å²) in [5.74, 6) is 0.589. The SMILES string of the molecule is NC1CCC(OCC2CC3C=CC2O3)CC1. The number of nitrogens with two attached hydrogens (primary N) is 1. The Kier molecular flexibility index (Phi) is 3.01. The van der Waals surface area contributed by atoms with Crippen LogP contribution in [0.4, 0.5) is 0 Å². The summed E-state index contributed by atoms with van der Waals surface area (Å²) < 4.78 is 11.7. The summed E-state index contributed by atoms with van der Waals surface area (Å²) in [4.78, 5) is 0. The lowest BCUT2D eigenvalue weighted by molar-refractivity contribution is -0.00474. The highest BCUT2D eigenvalue weighted by Gasteiger charge is 2.37. The van der Waals surface area contributed by atoms with Crippen molar-refractivity contribution in [2.24, 2.45) is 11.7 Å². The maximum Gasteiger partial charge on any atom is 0.0816 e. The fraction of sp³-hybridized carbons (Fsp3) is 0.846. The van der Waals surface area contributed by atoms with E-state index < -0.39 is 0 Å². The Morgan fingerprint density at radius 1 is 1.19 bits per heavy atom. The van der Waals surface area contributed by atoms with E-state index in [-0.39, 0.29) is 0 Å². The van der Waals surface area contributed by atoms with Crippen molar-refractivity contribution in [2.45, 2.75) is 56.5 Å². The van der Waals surface area contributed by atoms with Crippen molar-refractivity contribution in [3.63, 3.8) is 0 Å². The average molecular weight is 223 g/mol. The van der Waals surface area contributed by atoms with Gasteiger partial charge in [0.25, 0.3) is 0 Å². The lowest BCUT2D eigenvalue weighted by atomic mass is 9.92. The Morgan fingerprint density at radius 3 is 2.62 bits per heavy atom. The molecule has 3 unspecified atom stereocenters. The van der Waals surface area contributed by atoms with Crippen LogP contribution in [0.15, 0.2) is 12.2 Å². The number of rotatable bonds is 3. The minimum Gasteiger partial charge on any atom is -0.378 e. The first-order chi connectivity index (χ1) is 7.81. The van der Waals surface area contributed by atoms with Gasteiger partial charge in [0.2, 0.25) is 0 Å². The van der Waals surface area contributed by atoms with Crippen LogP contribution >= 0.6 is 0 Å². The molecule has 2 N–H and O–H groups in total. The summed E-state index contributed by atoms with van der Waals surface area (Å²) in [6, 6.07) is 0.411. The van der Waals surface area contributed by atoms with Crippen molar-refractivity contribution >= 4 is 0 Å². The van der Waals surface area contributed by atoms with Crippen molar-refractivity contribution in [3.05, 3.63) is 12.2 Å². The summed E-state index contributed by atoms with van der Waals surface area (Å²) in [7, 11) is 0. The van der Waals surface area contributed by atoms with Gasteiger partial charge in [-0.1, -0.05) is 12.2 Å². The van der Waals surface area contributed by atoms with Gasteiger partial charge in [-0.15, -0.1) is 0 Å². The Labute approximate surface area is 97.0 Å². The zero-order valence-electron chi connectivity index (χ0n) is 9.68. The van der Waals surface area contributed by atoms with Gasteiger partial charge in [0.15, 0.2) is 0 Å². The topological polar surface area (TPSA) is 44.5 Å². The summed E-state index contributed by atoms with van der Waals surface area (Å²) >= 11 is 0. The van der Waals surface area contributed by atoms with Gasteiger partial charge >= 0.3 is 0 Å². The molecule has 0 radical (unpaired) electrons. The molecule has 2 fully saturated rings. The molecule has 0 aromatic carbocycles. The normalized spacial score (nSPS) is 46.4. The summed E-state index contributed by atoms with van der Waals surface area (Å²) in [6.45, 7) is 0.866. The van der Waals surface area contributed by atoms with Crippen LogP contribution in [0, 0.1) is 5.92 Å². The van der Waals surface area contributed by atoms with Crippen LogP contribution in [0.1, 0.15) is 32.1 Å². The van der Waals surface area contributed by atoms with E-state index in [0.717, 1.165) is 38.7 Å². The molecular weight excluding hydrogens is 202 g/mol. The summed E-state index contributed by atoms with van der Waals surface area (Å²) in [6.07, 6.45) is 11.2. The predicted octanol–water partition coefficient (Wildman–Crippen LogP) is 1.62. The van der Waals surface area contributed by atoms with Crippen LogP contribution in [-0.4, -0.2) is 31.0 Å². The first-order valence-electron chi connectivity index (χ1n) is 6.52. The molecule has 0 spiro atoms. The second-order valence-electron chi connectivity index (χ2n) is 5.39. The highest BCUT2D eigenvalue weighted by atomic mass is 16.5. The molecule has 0 amide bonds. The van der Waals surface area contributed by atoms with E-state index in [0.29, 0.717) is 30.3 Å². The predicted molar refractivity (Wildman–Crippen MR) is 62.1 cm³/mol. The summed E-state index contributed by atoms with van der Waals surface area (Å²) in [5, 5.41) is 0. The fourth-order valence-corrected chi connectivity index (χ4v) is 3.04. The molecule has 3 nitrogen and oxygen atoms in total. The van der Waals surface area contributed by atoms with Gasteiger partial charge in [-0.3, -0.25) is 0 Å². The first-order valence-corrected chi connectivity index (χ1v) is 6.52. The van der Waals surface area contributed by atoms with Crippen molar-refractivity contribution in [2.75, 3.05) is 6.61 Å². The van der Waals surface area contributed by atoms with Crippen LogP contribution in [0.3, 0.4) is 0 Å². The van der Waals surface area contributed by atoms with Gasteiger partial charge < -0.3 is 15.2 Å². The molecule has 1 saturated carbocycles. The van der Waals surface area contributed by atoms with Gasteiger partial charge in [0.05, 0.1) is 24.9 Å². The molecule has 16 heavy (non-hydrogen) atoms. The Morgan fingerprint density at radius 2 is 2.00 bits per heavy atom. The Balaban J connectivity index is 1.42. The molecule has 3 rings (SSSR count). The minimum atomic E-state index is 0.329. The zero-order valence-corrected chi connectivity index (χ0v) is 9.68. The second-order valence-corrected chi connectivity index (χ2v) is 5.39. The minimum absolute atomic E-state index is 0.329. The molecule has 1 saturated heterocycles. The summed E-state index contributed by atoms with van der Waals surface area (Å²) in [5.41, 5.74) is 5.88.